The third-order valence-electron chi connectivity index (χ3n) is 3.13. The zero-order chi connectivity index (χ0) is 15.0. The van der Waals surface area contributed by atoms with E-state index in [9.17, 15) is 9.59 Å². The van der Waals surface area contributed by atoms with E-state index in [-0.39, 0.29) is 11.8 Å². The molecule has 2 amide bonds. The van der Waals surface area contributed by atoms with Gasteiger partial charge in [0, 0.05) is 25.5 Å². The molecule has 2 N–H and O–H groups in total. The van der Waals surface area contributed by atoms with Crippen molar-refractivity contribution >= 4 is 11.8 Å². The van der Waals surface area contributed by atoms with E-state index in [1.54, 1.807) is 26.2 Å². The minimum Gasteiger partial charge on any atom is -0.355 e. The Morgan fingerprint density at radius 2 is 1.95 bits per heavy atom. The van der Waals surface area contributed by atoms with Crippen LogP contribution in [0.4, 0.5) is 0 Å². The number of amides is 2. The van der Waals surface area contributed by atoms with Crippen molar-refractivity contribution in [3.8, 4) is 0 Å². The molecule has 1 heterocycles. The van der Waals surface area contributed by atoms with Gasteiger partial charge in [0.2, 0.25) is 11.8 Å². The highest BCUT2D eigenvalue weighted by Crippen LogP contribution is 2.15. The summed E-state index contributed by atoms with van der Waals surface area (Å²) in [6.45, 7) is 6.30. The highest BCUT2D eigenvalue weighted by Gasteiger charge is 2.35. The molecule has 5 nitrogen and oxygen atoms in total. The second-order valence-electron chi connectivity index (χ2n) is 5.28. The van der Waals surface area contributed by atoms with Crippen LogP contribution in [0.2, 0.25) is 0 Å². The molecule has 0 aliphatic heterocycles. The molecular formula is C15H23N3O2. The van der Waals surface area contributed by atoms with Crippen LogP contribution in [0, 0.1) is 5.41 Å². The fraction of sp³-hybridized carbons (Fsp3) is 0.533. The van der Waals surface area contributed by atoms with Crippen LogP contribution in [-0.2, 0) is 16.1 Å². The highest BCUT2D eigenvalue weighted by atomic mass is 16.2. The number of nitrogens with one attached hydrogen (secondary N) is 2. The topological polar surface area (TPSA) is 71.1 Å². The Morgan fingerprint density at radius 3 is 2.55 bits per heavy atom. The Hall–Kier alpha value is -1.91. The standard InChI is InChI=1S/C15H23N3O2/c1-4-5-9-17-13(19)15(2,3)14(20)18-11-12-7-6-8-16-10-12/h6-8,10H,4-5,9,11H2,1-3H3,(H,17,19)(H,18,20). The maximum Gasteiger partial charge on any atom is 0.235 e. The van der Waals surface area contributed by atoms with Gasteiger partial charge in [0.1, 0.15) is 5.41 Å². The molecular weight excluding hydrogens is 254 g/mol. The largest absolute Gasteiger partial charge is 0.355 e. The first-order chi connectivity index (χ1) is 9.48. The van der Waals surface area contributed by atoms with Gasteiger partial charge in [-0.2, -0.15) is 0 Å². The molecule has 0 aliphatic rings. The third-order valence-corrected chi connectivity index (χ3v) is 3.13. The van der Waals surface area contributed by atoms with Crippen LogP contribution in [0.25, 0.3) is 0 Å². The van der Waals surface area contributed by atoms with E-state index in [1.807, 2.05) is 12.1 Å². The number of rotatable bonds is 7. The summed E-state index contributed by atoms with van der Waals surface area (Å²) < 4.78 is 0. The van der Waals surface area contributed by atoms with Gasteiger partial charge in [-0.25, -0.2) is 0 Å². The number of pyridine rings is 1. The van der Waals surface area contributed by atoms with E-state index in [4.69, 9.17) is 0 Å². The van der Waals surface area contributed by atoms with Gasteiger partial charge in [-0.1, -0.05) is 19.4 Å². The molecule has 20 heavy (non-hydrogen) atoms. The Morgan fingerprint density at radius 1 is 1.25 bits per heavy atom. The second-order valence-corrected chi connectivity index (χ2v) is 5.28. The molecule has 0 bridgehead atoms. The number of nitrogens with zero attached hydrogens (tertiary/aromatic N) is 1. The van der Waals surface area contributed by atoms with Crippen LogP contribution in [0.3, 0.4) is 0 Å². The van der Waals surface area contributed by atoms with Gasteiger partial charge < -0.3 is 10.6 Å². The van der Waals surface area contributed by atoms with E-state index in [1.165, 1.54) is 0 Å². The molecule has 1 aromatic rings. The first-order valence-corrected chi connectivity index (χ1v) is 6.94. The van der Waals surface area contributed by atoms with Crippen LogP contribution in [0.15, 0.2) is 24.5 Å². The summed E-state index contributed by atoms with van der Waals surface area (Å²) in [6, 6.07) is 3.69. The van der Waals surface area contributed by atoms with Crippen molar-refractivity contribution in [2.75, 3.05) is 6.54 Å². The molecule has 5 heteroatoms. The normalized spacial score (nSPS) is 10.9. The molecule has 0 fully saturated rings. The van der Waals surface area contributed by atoms with Crippen molar-refractivity contribution in [3.63, 3.8) is 0 Å². The summed E-state index contributed by atoms with van der Waals surface area (Å²) in [5, 5.41) is 5.56. The van der Waals surface area contributed by atoms with Gasteiger partial charge in [0.05, 0.1) is 0 Å². The van der Waals surface area contributed by atoms with Crippen LogP contribution in [0.1, 0.15) is 39.2 Å². The summed E-state index contributed by atoms with van der Waals surface area (Å²) in [7, 11) is 0. The van der Waals surface area contributed by atoms with Gasteiger partial charge in [0.25, 0.3) is 0 Å². The van der Waals surface area contributed by atoms with Crippen molar-refractivity contribution in [1.29, 1.82) is 0 Å². The zero-order valence-corrected chi connectivity index (χ0v) is 12.4. The van der Waals surface area contributed by atoms with Crippen molar-refractivity contribution in [2.45, 2.75) is 40.2 Å². The minimum absolute atomic E-state index is 0.241. The molecule has 0 unspecified atom stereocenters. The smallest absolute Gasteiger partial charge is 0.235 e. The van der Waals surface area contributed by atoms with Crippen molar-refractivity contribution in [2.24, 2.45) is 5.41 Å². The number of aromatic nitrogens is 1. The predicted octanol–water partition coefficient (Wildman–Crippen LogP) is 1.64. The van der Waals surface area contributed by atoms with Crippen LogP contribution >= 0.6 is 0 Å². The van der Waals surface area contributed by atoms with Crippen LogP contribution in [-0.4, -0.2) is 23.3 Å². The van der Waals surface area contributed by atoms with Gasteiger partial charge in [-0.3, -0.25) is 14.6 Å². The SMILES string of the molecule is CCCCNC(=O)C(C)(C)C(=O)NCc1cccnc1. The van der Waals surface area contributed by atoms with Crippen LogP contribution in [0.5, 0.6) is 0 Å². The Bertz CT molecular complexity index is 444. The lowest BCUT2D eigenvalue weighted by molar-refractivity contribution is -0.141. The predicted molar refractivity (Wildman–Crippen MR) is 77.8 cm³/mol. The molecule has 0 aliphatic carbocycles. The summed E-state index contributed by atoms with van der Waals surface area (Å²) in [6.07, 6.45) is 5.29. The first-order valence-electron chi connectivity index (χ1n) is 6.94. The van der Waals surface area contributed by atoms with Gasteiger partial charge >= 0.3 is 0 Å². The number of unbranched alkanes of at least 4 members (excludes halogenated alkanes) is 1. The summed E-state index contributed by atoms with van der Waals surface area (Å²) >= 11 is 0. The number of hydrogen-bond donors (Lipinski definition) is 2. The Balaban J connectivity index is 2.49. The molecule has 110 valence electrons. The fourth-order valence-corrected chi connectivity index (χ4v) is 1.61. The lowest BCUT2D eigenvalue weighted by atomic mass is 9.91. The monoisotopic (exact) mass is 277 g/mol. The molecule has 0 saturated carbocycles. The summed E-state index contributed by atoms with van der Waals surface area (Å²) in [5.74, 6) is -0.523. The average molecular weight is 277 g/mol. The zero-order valence-electron chi connectivity index (χ0n) is 12.4. The Kier molecular flexibility index (Phi) is 6.15. The molecule has 1 rings (SSSR count). The van der Waals surface area contributed by atoms with E-state index >= 15 is 0 Å². The summed E-state index contributed by atoms with van der Waals surface area (Å²) in [4.78, 5) is 28.1. The number of carbonyl (C=O) groups is 2. The van der Waals surface area contributed by atoms with Gasteiger partial charge in [-0.05, 0) is 31.9 Å². The molecule has 0 saturated heterocycles. The number of hydrogen-bond acceptors (Lipinski definition) is 3. The van der Waals surface area contributed by atoms with Gasteiger partial charge in [-0.15, -0.1) is 0 Å². The van der Waals surface area contributed by atoms with E-state index < -0.39 is 5.41 Å². The average Bonchev–Trinajstić information content (AvgIpc) is 2.45. The molecule has 0 aromatic carbocycles. The molecule has 0 spiro atoms. The maximum absolute atomic E-state index is 12.1. The Labute approximate surface area is 120 Å². The lowest BCUT2D eigenvalue weighted by Crippen LogP contribution is -2.47. The number of carbonyl (C=O) groups excluding carboxylic acids is 2. The lowest BCUT2D eigenvalue weighted by Gasteiger charge is -2.22. The molecule has 1 aromatic heterocycles. The van der Waals surface area contributed by atoms with E-state index in [0.717, 1.165) is 18.4 Å². The first kappa shape index (κ1) is 16.1. The van der Waals surface area contributed by atoms with Gasteiger partial charge in [0.15, 0.2) is 0 Å². The van der Waals surface area contributed by atoms with Crippen molar-refractivity contribution in [1.82, 2.24) is 15.6 Å². The third kappa shape index (κ3) is 4.64. The molecule has 0 atom stereocenters. The van der Waals surface area contributed by atoms with E-state index in [2.05, 4.69) is 22.5 Å². The fourth-order valence-electron chi connectivity index (χ4n) is 1.61. The summed E-state index contributed by atoms with van der Waals surface area (Å²) in [5.41, 5.74) is -0.168. The second kappa shape index (κ2) is 7.62. The van der Waals surface area contributed by atoms with Crippen LogP contribution < -0.4 is 10.6 Å². The minimum atomic E-state index is -1.07. The molecule has 0 radical (unpaired) electrons. The van der Waals surface area contributed by atoms with Crippen molar-refractivity contribution in [3.05, 3.63) is 30.1 Å². The maximum atomic E-state index is 12.1. The van der Waals surface area contributed by atoms with Crippen molar-refractivity contribution < 1.29 is 9.59 Å². The highest BCUT2D eigenvalue weighted by molar-refractivity contribution is 6.04. The van der Waals surface area contributed by atoms with E-state index in [0.29, 0.717) is 13.1 Å². The quantitative estimate of drug-likeness (QED) is 0.588.